The van der Waals surface area contributed by atoms with Crippen LogP contribution in [0, 0.1) is 54.1 Å². The highest BCUT2D eigenvalue weighted by Gasteiger charge is 2.34. The Kier molecular flexibility index (Phi) is 53.2. The van der Waals surface area contributed by atoms with Gasteiger partial charge in [0.05, 0.1) is 0 Å². The van der Waals surface area contributed by atoms with Gasteiger partial charge in [-0.2, -0.15) is 0 Å². The molecule has 8 aliphatic rings. The molecule has 8 fully saturated rings. The predicted molar refractivity (Wildman–Crippen MR) is 447 cm³/mol. The molecule has 0 radical (unpaired) electrons. The zero-order valence-corrected chi connectivity index (χ0v) is 66.4. The van der Waals surface area contributed by atoms with E-state index in [0.29, 0.717) is 27.1 Å². The Bertz CT molecular complexity index is 1630. The van der Waals surface area contributed by atoms with E-state index in [1.807, 2.05) is 0 Å². The quantitative estimate of drug-likeness (QED) is 0.0549. The van der Waals surface area contributed by atoms with Crippen molar-refractivity contribution >= 4 is 0 Å². The lowest BCUT2D eigenvalue weighted by atomic mass is 9.71. The molecule has 8 rings (SSSR count). The van der Waals surface area contributed by atoms with E-state index in [1.165, 1.54) is 430 Å². The highest BCUT2D eigenvalue weighted by atomic mass is 14.4. The highest BCUT2D eigenvalue weighted by molar-refractivity contribution is 4.87. The van der Waals surface area contributed by atoms with Crippen molar-refractivity contribution in [1.82, 2.24) is 0 Å². The summed E-state index contributed by atoms with van der Waals surface area (Å²) in [5.41, 5.74) is 7.09. The number of unbranched alkanes of at least 4 members (excludes halogenated alkanes) is 10. The summed E-state index contributed by atoms with van der Waals surface area (Å²) in [7, 11) is 0. The molecule has 0 heteroatoms. The van der Waals surface area contributed by atoms with E-state index in [9.17, 15) is 0 Å². The summed E-state index contributed by atoms with van der Waals surface area (Å²) in [5.74, 6) is 0. The van der Waals surface area contributed by atoms with Gasteiger partial charge < -0.3 is 0 Å². The van der Waals surface area contributed by atoms with Crippen molar-refractivity contribution in [3.63, 3.8) is 0 Å². The molecule has 0 aromatic rings. The minimum absolute atomic E-state index is 0. The van der Waals surface area contributed by atoms with E-state index in [-0.39, 0.29) is 37.1 Å². The lowest BCUT2D eigenvalue weighted by molar-refractivity contribution is 0.179. The van der Waals surface area contributed by atoms with E-state index in [0.717, 1.165) is 27.1 Å². The fraction of sp³-hybridized carbons (Fsp3) is 1.00. The van der Waals surface area contributed by atoms with E-state index >= 15 is 0 Å². The largest absolute Gasteiger partial charge is 0.0776 e. The van der Waals surface area contributed by atoms with Gasteiger partial charge in [0, 0.05) is 0 Å². The Labute approximate surface area is 614 Å². The van der Waals surface area contributed by atoms with Crippen LogP contribution >= 0.6 is 0 Å². The summed E-state index contributed by atoms with van der Waals surface area (Å²) >= 11 is 0. The van der Waals surface area contributed by atoms with Crippen molar-refractivity contribution in [2.45, 2.75) is 564 Å². The van der Waals surface area contributed by atoms with Crippen LogP contribution in [-0.2, 0) is 0 Å². The van der Waals surface area contributed by atoms with Gasteiger partial charge in [0.2, 0.25) is 0 Å². The lowest BCUT2D eigenvalue weighted by Gasteiger charge is -2.35. The van der Waals surface area contributed by atoms with Crippen LogP contribution in [-0.4, -0.2) is 0 Å². The third-order valence-corrected chi connectivity index (χ3v) is 30.1. The van der Waals surface area contributed by atoms with Gasteiger partial charge in [-0.25, -0.2) is 0 Å². The molecule has 580 valence electrons. The fourth-order valence-corrected chi connectivity index (χ4v) is 21.4. The molecule has 8 aliphatic carbocycles. The normalized spacial score (nSPS) is 22.3. The van der Waals surface area contributed by atoms with Crippen molar-refractivity contribution in [3.8, 4) is 0 Å². The predicted octanol–water partition coefficient (Wildman–Crippen LogP) is 36.5. The molecule has 0 aliphatic heterocycles. The third-order valence-electron chi connectivity index (χ3n) is 30.1. The van der Waals surface area contributed by atoms with E-state index in [4.69, 9.17) is 0 Å². The summed E-state index contributed by atoms with van der Waals surface area (Å²) in [4.78, 5) is 0. The van der Waals surface area contributed by atoms with Crippen LogP contribution in [0.3, 0.4) is 0 Å². The average Bonchev–Trinajstić information content (AvgIpc) is 1.40. The SMILES string of the molecule is C.C.C.C.C.CC1(CCCCCC2(C)CCCC2)CCCC1.CC1(CCCCCC2(C)CCCC2)CCCCC1.CC1(CCCCCC2(C)CCCCC2)CCCCC1.CCC(CC)(CC)CCCCCC1(C)CCCC1.CCC(CC)(CC)CCCCCC1(C)CCCCC1. The van der Waals surface area contributed by atoms with Gasteiger partial charge in [-0.05, 0) is 221 Å². The highest BCUT2D eigenvalue weighted by Crippen LogP contribution is 2.49. The van der Waals surface area contributed by atoms with Crippen LogP contribution in [0.5, 0.6) is 0 Å². The summed E-state index contributed by atoms with van der Waals surface area (Å²) in [5, 5.41) is 0. The topological polar surface area (TPSA) is 0 Å². The Morgan fingerprint density at radius 2 is 0.281 bits per heavy atom. The smallest absolute Gasteiger partial charge is 0.0305 e. The fourth-order valence-electron chi connectivity index (χ4n) is 21.4. The summed E-state index contributed by atoms with van der Waals surface area (Å²) in [6, 6.07) is 0. The second kappa shape index (κ2) is 52.0. The monoisotopic (exact) mass is 1350 g/mol. The minimum Gasteiger partial charge on any atom is -0.0776 e. The number of hydrogen-bond donors (Lipinski definition) is 0. The molecule has 0 saturated heterocycles. The second-order valence-electron chi connectivity index (χ2n) is 38.5. The molecule has 0 aromatic carbocycles. The molecular formula is C96H196. The Hall–Kier alpha value is 0. The van der Waals surface area contributed by atoms with Crippen LogP contribution in [0.2, 0.25) is 0 Å². The van der Waals surface area contributed by atoms with E-state index in [2.05, 4.69) is 96.9 Å². The van der Waals surface area contributed by atoms with Crippen LogP contribution in [0.25, 0.3) is 0 Å². The lowest BCUT2D eigenvalue weighted by Crippen LogP contribution is -2.21. The van der Waals surface area contributed by atoms with Crippen molar-refractivity contribution in [2.75, 3.05) is 0 Å². The van der Waals surface area contributed by atoms with Gasteiger partial charge in [-0.15, -0.1) is 0 Å². The van der Waals surface area contributed by atoms with Gasteiger partial charge in [-0.1, -0.05) is 397 Å². The molecule has 0 amide bonds. The molecule has 0 N–H and O–H groups in total. The molecule has 0 spiro atoms. The zero-order valence-electron chi connectivity index (χ0n) is 66.4. The molecule has 8 saturated carbocycles. The summed E-state index contributed by atoms with van der Waals surface area (Å²) in [6.45, 7) is 34.6. The Balaban J connectivity index is 0. The van der Waals surface area contributed by atoms with Crippen LogP contribution < -0.4 is 0 Å². The van der Waals surface area contributed by atoms with Crippen LogP contribution in [0.1, 0.15) is 564 Å². The first-order valence-corrected chi connectivity index (χ1v) is 43.6. The molecule has 0 atom stereocenters. The number of rotatable bonds is 36. The standard InChI is InChI=1S/C19H36.C19H38.C18H34.C18H36.C17H32.5CH4/c1-18(12-6-3-7-13-18)16-10-5-11-17-19(2)14-8-4-9-15-19;1-5-19(6-2,7-3)17-13-9-12-16-18(4)14-10-8-11-15-18;1-17(11-5-3-6-12-17)13-7-4-8-14-18(2)15-9-10-16-18;1-5-18(6-2,7-3)16-10-8-9-13-17(4)14-11-12-15-17;1-16(12-6-7-13-16)10-4-3-5-11-17(2)14-8-9-15-17;;;;;/h3-17H2,1-2H3;5-17H2,1-4H3;3-16H2,1-2H3;5-16H2,1-4H3;3-15H2,1-2H3;5*1H4. The maximum absolute atomic E-state index is 2.55. The summed E-state index contributed by atoms with van der Waals surface area (Å²) < 4.78 is 0. The van der Waals surface area contributed by atoms with Crippen molar-refractivity contribution in [2.24, 2.45) is 54.1 Å². The van der Waals surface area contributed by atoms with E-state index < -0.39 is 0 Å². The molecule has 0 heterocycles. The van der Waals surface area contributed by atoms with Crippen LogP contribution in [0.4, 0.5) is 0 Å². The first kappa shape index (κ1) is 98.1. The summed E-state index contributed by atoms with van der Waals surface area (Å²) in [6.07, 6.45) is 99.3. The van der Waals surface area contributed by atoms with Crippen LogP contribution in [0.15, 0.2) is 0 Å². The third kappa shape index (κ3) is 39.2. The van der Waals surface area contributed by atoms with Gasteiger partial charge in [0.25, 0.3) is 0 Å². The van der Waals surface area contributed by atoms with Crippen molar-refractivity contribution in [3.05, 3.63) is 0 Å². The molecule has 0 nitrogen and oxygen atoms in total. The van der Waals surface area contributed by atoms with E-state index in [1.54, 1.807) is 0 Å². The maximum atomic E-state index is 2.55. The molecule has 0 unspecified atom stereocenters. The van der Waals surface area contributed by atoms with Gasteiger partial charge >= 0.3 is 0 Å². The number of hydrogen-bond acceptors (Lipinski definition) is 0. The van der Waals surface area contributed by atoms with Gasteiger partial charge in [-0.3, -0.25) is 0 Å². The van der Waals surface area contributed by atoms with Gasteiger partial charge in [0.1, 0.15) is 0 Å². The Morgan fingerprint density at radius 3 is 0.406 bits per heavy atom. The molecular weight excluding hydrogens is 1150 g/mol. The van der Waals surface area contributed by atoms with Crippen molar-refractivity contribution in [1.29, 1.82) is 0 Å². The molecule has 0 bridgehead atoms. The molecule has 96 heavy (non-hydrogen) atoms. The minimum atomic E-state index is 0. The second-order valence-corrected chi connectivity index (χ2v) is 38.5. The first-order chi connectivity index (χ1) is 43.6. The maximum Gasteiger partial charge on any atom is -0.0305 e. The zero-order chi connectivity index (χ0) is 66.4. The molecule has 0 aromatic heterocycles. The Morgan fingerprint density at radius 1 is 0.167 bits per heavy atom. The van der Waals surface area contributed by atoms with Crippen molar-refractivity contribution < 1.29 is 0 Å². The first-order valence-electron chi connectivity index (χ1n) is 43.6. The average molecular weight is 1350 g/mol. The van der Waals surface area contributed by atoms with Gasteiger partial charge in [0.15, 0.2) is 0 Å².